The van der Waals surface area contributed by atoms with E-state index in [4.69, 9.17) is 14.2 Å². The first kappa shape index (κ1) is 33.9. The lowest BCUT2D eigenvalue weighted by Gasteiger charge is -2.43. The summed E-state index contributed by atoms with van der Waals surface area (Å²) in [5, 5.41) is 26.6. The lowest BCUT2D eigenvalue weighted by atomic mass is 9.64. The molecule has 252 valence electrons. The minimum absolute atomic E-state index is 0.0769. The normalized spacial score (nSPS) is 19.6. The van der Waals surface area contributed by atoms with Crippen molar-refractivity contribution in [2.75, 3.05) is 25.8 Å². The molecule has 1 aliphatic rings. The zero-order chi connectivity index (χ0) is 34.5. The number of hydrogen-bond acceptors (Lipinski definition) is 9. The van der Waals surface area contributed by atoms with Gasteiger partial charge in [0, 0.05) is 11.8 Å². The molecule has 10 nitrogen and oxygen atoms in total. The Balaban J connectivity index is 1.41. The van der Waals surface area contributed by atoms with Crippen molar-refractivity contribution in [1.82, 2.24) is 9.55 Å². The molecule has 11 heteroatoms. The van der Waals surface area contributed by atoms with E-state index in [9.17, 15) is 19.8 Å². The number of ether oxygens (including phenoxy) is 3. The number of nitrogens with zero attached hydrogens (tertiary/aromatic N) is 2. The third kappa shape index (κ3) is 6.45. The van der Waals surface area contributed by atoms with E-state index >= 15 is 0 Å². The Kier molecular flexibility index (Phi) is 10.2. The predicted molar refractivity (Wildman–Crippen MR) is 188 cm³/mol. The summed E-state index contributed by atoms with van der Waals surface area (Å²) in [7, 11) is 3.17. The molecule has 0 aliphatic carbocycles. The summed E-state index contributed by atoms with van der Waals surface area (Å²) < 4.78 is 18.7. The Morgan fingerprint density at radius 3 is 1.90 bits per heavy atom. The van der Waals surface area contributed by atoms with E-state index in [0.717, 1.165) is 16.7 Å². The van der Waals surface area contributed by atoms with Gasteiger partial charge < -0.3 is 29.7 Å². The van der Waals surface area contributed by atoms with Crippen molar-refractivity contribution in [2.45, 2.75) is 35.2 Å². The highest BCUT2D eigenvalue weighted by Crippen LogP contribution is 2.48. The van der Waals surface area contributed by atoms with E-state index in [0.29, 0.717) is 17.1 Å². The van der Waals surface area contributed by atoms with Gasteiger partial charge in [-0.3, -0.25) is 9.36 Å². The van der Waals surface area contributed by atoms with E-state index in [2.05, 4.69) is 10.3 Å². The average Bonchev–Trinajstić information content (AvgIpc) is 3.48. The quantitative estimate of drug-likeness (QED) is 0.167. The Labute approximate surface area is 288 Å². The second-order valence-electron chi connectivity index (χ2n) is 11.6. The number of carbonyl (C=O) groups excluding carboxylic acids is 1. The lowest BCUT2D eigenvalue weighted by Crippen LogP contribution is -2.52. The molecule has 5 aromatic rings. The number of anilines is 1. The fourth-order valence-electron chi connectivity index (χ4n) is 6.54. The van der Waals surface area contributed by atoms with Crippen molar-refractivity contribution < 1.29 is 29.2 Å². The number of amides is 1. The number of methoxy groups -OCH3 is 2. The van der Waals surface area contributed by atoms with Crippen molar-refractivity contribution in [1.29, 1.82) is 0 Å². The minimum Gasteiger partial charge on any atom is -0.497 e. The highest BCUT2D eigenvalue weighted by atomic mass is 32.2. The van der Waals surface area contributed by atoms with Crippen molar-refractivity contribution in [3.63, 3.8) is 0 Å². The van der Waals surface area contributed by atoms with Crippen molar-refractivity contribution in [3.05, 3.63) is 154 Å². The van der Waals surface area contributed by atoms with Crippen LogP contribution in [0.15, 0.2) is 126 Å². The molecule has 3 N–H and O–H groups in total. The number of benzene rings is 4. The molecule has 1 aliphatic heterocycles. The van der Waals surface area contributed by atoms with Gasteiger partial charge in [0.1, 0.15) is 29.5 Å². The summed E-state index contributed by atoms with van der Waals surface area (Å²) in [5.74, 6) is 0.958. The molecule has 4 aromatic carbocycles. The van der Waals surface area contributed by atoms with Gasteiger partial charge in [-0.25, -0.2) is 4.79 Å². The van der Waals surface area contributed by atoms with E-state index in [-0.39, 0.29) is 5.82 Å². The zero-order valence-electron chi connectivity index (χ0n) is 27.2. The van der Waals surface area contributed by atoms with Crippen LogP contribution in [0.3, 0.4) is 0 Å². The largest absolute Gasteiger partial charge is 0.497 e. The van der Waals surface area contributed by atoms with E-state index in [1.165, 1.54) is 28.6 Å². The van der Waals surface area contributed by atoms with Crippen LogP contribution in [0.1, 0.15) is 33.3 Å². The number of aromatic nitrogens is 2. The first-order valence-electron chi connectivity index (χ1n) is 15.7. The Morgan fingerprint density at radius 1 is 0.857 bits per heavy atom. The smallest absolute Gasteiger partial charge is 0.351 e. The molecule has 0 radical (unpaired) electrons. The minimum atomic E-state index is -1.36. The lowest BCUT2D eigenvalue weighted by molar-refractivity contribution is -0.0975. The van der Waals surface area contributed by atoms with E-state index in [1.54, 1.807) is 44.6 Å². The van der Waals surface area contributed by atoms with Gasteiger partial charge in [-0.05, 0) is 65.4 Å². The van der Waals surface area contributed by atoms with E-state index < -0.39 is 46.8 Å². The highest BCUT2D eigenvalue weighted by molar-refractivity contribution is 7.99. The second kappa shape index (κ2) is 14.7. The number of carbonyl (C=O) groups is 1. The van der Waals surface area contributed by atoms with Gasteiger partial charge in [0.25, 0.3) is 5.91 Å². The summed E-state index contributed by atoms with van der Waals surface area (Å²) in [4.78, 5) is 30.2. The van der Waals surface area contributed by atoms with Gasteiger partial charge in [0.15, 0.2) is 6.23 Å². The molecule has 0 spiro atoms. The molecule has 1 amide bonds. The van der Waals surface area contributed by atoms with E-state index in [1.807, 2.05) is 85.1 Å². The average molecular weight is 680 g/mol. The summed E-state index contributed by atoms with van der Waals surface area (Å²) in [6, 6.07) is 34.5. The molecule has 6 rings (SSSR count). The Morgan fingerprint density at radius 2 is 1.39 bits per heavy atom. The van der Waals surface area contributed by atoms with Crippen LogP contribution in [0.5, 0.6) is 11.5 Å². The van der Waals surface area contributed by atoms with Gasteiger partial charge in [0.05, 0.1) is 31.0 Å². The van der Waals surface area contributed by atoms with Crippen molar-refractivity contribution in [3.8, 4) is 11.5 Å². The van der Waals surface area contributed by atoms with Crippen molar-refractivity contribution >= 4 is 23.5 Å². The number of nitrogens with one attached hydrogen (secondary N) is 1. The number of rotatable bonds is 11. The number of aliphatic hydroxyl groups is 2. The Hall–Kier alpha value is -4.94. The molecule has 1 aromatic heterocycles. The molecular weight excluding hydrogens is 642 g/mol. The maximum Gasteiger partial charge on any atom is 0.351 e. The molecule has 0 bridgehead atoms. The van der Waals surface area contributed by atoms with Crippen LogP contribution in [0, 0.1) is 0 Å². The highest BCUT2D eigenvalue weighted by Gasteiger charge is 2.55. The summed E-state index contributed by atoms with van der Waals surface area (Å²) in [5.41, 5.74) is 0.708. The van der Waals surface area contributed by atoms with Gasteiger partial charge in [-0.15, -0.1) is 0 Å². The van der Waals surface area contributed by atoms with Crippen LogP contribution < -0.4 is 20.5 Å². The third-order valence-corrected chi connectivity index (χ3v) is 10.0. The van der Waals surface area contributed by atoms with Crippen LogP contribution in [0.4, 0.5) is 5.82 Å². The molecule has 5 atom stereocenters. The molecule has 49 heavy (non-hydrogen) atoms. The summed E-state index contributed by atoms with van der Waals surface area (Å²) in [6.07, 6.45) is -1.41. The van der Waals surface area contributed by atoms with Crippen LogP contribution in [-0.4, -0.2) is 69.7 Å². The zero-order valence-corrected chi connectivity index (χ0v) is 28.0. The topological polar surface area (TPSA) is 132 Å². The molecular formula is C38H37N3O7S. The van der Waals surface area contributed by atoms with Crippen LogP contribution >= 0.6 is 11.8 Å². The maximum absolute atomic E-state index is 13.4. The van der Waals surface area contributed by atoms with Crippen LogP contribution in [-0.2, 0) is 10.2 Å². The van der Waals surface area contributed by atoms with Gasteiger partial charge in [-0.1, -0.05) is 72.8 Å². The molecule has 0 saturated carbocycles. The van der Waals surface area contributed by atoms with Gasteiger partial charge >= 0.3 is 5.69 Å². The SMILES string of the molecule is COc1ccc(C(c2ccccc2)(c2ccc(OC)cc2)C(O)[C@H]2O[C@@H](n3ccc(NC(=O)c4ccccc4)nc3=O)[C@H](SC)[C@@H]2O)cc1. The standard InChI is InChI=1S/C38H37N3O7S/c1-46-28-18-14-26(15-19-28)38(25-12-8-5-9-13-25,27-16-20-29(47-2)21-17-27)34(43)32-31(42)33(49-3)36(48-32)41-23-22-30(40-37(41)45)39-35(44)24-10-6-4-7-11-24/h4-23,31-34,36,42-43H,1-3H3,(H,39,40,44,45)/t31-,32+,33-,34?,36-/m1/s1. The summed E-state index contributed by atoms with van der Waals surface area (Å²) >= 11 is 1.32. The van der Waals surface area contributed by atoms with Crippen LogP contribution in [0.2, 0.25) is 0 Å². The second-order valence-corrected chi connectivity index (χ2v) is 12.6. The summed E-state index contributed by atoms with van der Waals surface area (Å²) in [6.45, 7) is 0. The first-order valence-corrected chi connectivity index (χ1v) is 16.9. The van der Waals surface area contributed by atoms with Gasteiger partial charge in [0.2, 0.25) is 0 Å². The van der Waals surface area contributed by atoms with Gasteiger partial charge in [-0.2, -0.15) is 16.7 Å². The number of thioether (sulfide) groups is 1. The third-order valence-electron chi connectivity index (χ3n) is 8.98. The monoisotopic (exact) mass is 679 g/mol. The molecule has 1 fully saturated rings. The first-order chi connectivity index (χ1) is 23.8. The fourth-order valence-corrected chi connectivity index (χ4v) is 7.40. The van der Waals surface area contributed by atoms with Crippen LogP contribution in [0.25, 0.3) is 0 Å². The fraction of sp³-hybridized carbons (Fsp3) is 0.237. The molecule has 1 saturated heterocycles. The Bertz CT molecular complexity index is 1870. The number of hydrogen-bond donors (Lipinski definition) is 3. The van der Waals surface area contributed by atoms with Crippen molar-refractivity contribution in [2.24, 2.45) is 0 Å². The molecule has 1 unspecified atom stereocenters. The predicted octanol–water partition coefficient (Wildman–Crippen LogP) is 4.90. The number of aliphatic hydroxyl groups excluding tert-OH is 2. The maximum atomic E-state index is 13.4. The molecule has 2 heterocycles.